The monoisotopic (exact) mass is 542 g/mol. The smallest absolute Gasteiger partial charge is 0.310 e. The quantitative estimate of drug-likeness (QED) is 0.327. The number of carbonyl (C=O) groups is 1. The number of rotatable bonds is 10. The van der Waals surface area contributed by atoms with Gasteiger partial charge in [-0.2, -0.15) is 0 Å². The second-order valence-corrected chi connectivity index (χ2v) is 12.8. The molecule has 2 aliphatic carbocycles. The predicted octanol–water partition coefficient (Wildman–Crippen LogP) is 3.76. The zero-order chi connectivity index (χ0) is 27.0. The molecule has 1 spiro atoms. The molecule has 1 aromatic rings. The number of methoxy groups -OCH3 is 2. The van der Waals surface area contributed by atoms with Crippen molar-refractivity contribution in [3.63, 3.8) is 0 Å². The van der Waals surface area contributed by atoms with Crippen molar-refractivity contribution < 1.29 is 28.5 Å². The first kappa shape index (κ1) is 27.3. The predicted molar refractivity (Wildman–Crippen MR) is 147 cm³/mol. The summed E-state index contributed by atoms with van der Waals surface area (Å²) in [4.78, 5) is 18.3. The minimum absolute atomic E-state index is 0.00574. The van der Waals surface area contributed by atoms with Gasteiger partial charge in [0, 0.05) is 37.7 Å². The molecule has 6 atom stereocenters. The molecule has 3 heterocycles. The number of esters is 1. The number of hydrogen-bond donors (Lipinski definition) is 0. The molecule has 0 amide bonds. The van der Waals surface area contributed by atoms with Crippen molar-refractivity contribution in [1.82, 2.24) is 9.80 Å². The summed E-state index contributed by atoms with van der Waals surface area (Å²) in [7, 11) is 3.37. The lowest BCUT2D eigenvalue weighted by Crippen LogP contribution is -2.51. The highest BCUT2D eigenvalue weighted by Crippen LogP contribution is 2.62. The molecule has 2 saturated carbocycles. The van der Waals surface area contributed by atoms with Crippen molar-refractivity contribution >= 4 is 5.97 Å². The summed E-state index contributed by atoms with van der Waals surface area (Å²) < 4.78 is 29.1. The number of carbonyl (C=O) groups excluding carboxylic acids is 1. The first-order valence-electron chi connectivity index (χ1n) is 15.0. The van der Waals surface area contributed by atoms with Gasteiger partial charge < -0.3 is 23.7 Å². The topological polar surface area (TPSA) is 73.0 Å². The largest absolute Gasteiger partial charge is 0.493 e. The van der Waals surface area contributed by atoms with Gasteiger partial charge in [0.25, 0.3) is 0 Å². The number of ether oxygens (including phenoxy) is 5. The maximum absolute atomic E-state index is 13.4. The van der Waals surface area contributed by atoms with Crippen molar-refractivity contribution in [2.75, 3.05) is 66.8 Å². The van der Waals surface area contributed by atoms with E-state index >= 15 is 0 Å². The van der Waals surface area contributed by atoms with Gasteiger partial charge in [0.2, 0.25) is 0 Å². The molecule has 0 aromatic heterocycles. The molecule has 5 aliphatic rings. The molecule has 3 saturated heterocycles. The van der Waals surface area contributed by atoms with Crippen LogP contribution in [0.4, 0.5) is 0 Å². The van der Waals surface area contributed by atoms with E-state index in [9.17, 15) is 4.79 Å². The van der Waals surface area contributed by atoms with E-state index in [4.69, 9.17) is 23.7 Å². The third kappa shape index (κ3) is 5.42. The van der Waals surface area contributed by atoms with Crippen LogP contribution in [0.2, 0.25) is 0 Å². The van der Waals surface area contributed by atoms with E-state index < -0.39 is 0 Å². The molecule has 1 aromatic carbocycles. The molecular weight excluding hydrogens is 496 g/mol. The fraction of sp³-hybridized carbons (Fsp3) is 0.774. The zero-order valence-electron chi connectivity index (χ0n) is 24.0. The third-order valence-electron chi connectivity index (χ3n) is 10.5. The van der Waals surface area contributed by atoms with Crippen molar-refractivity contribution in [1.29, 1.82) is 0 Å². The highest BCUT2D eigenvalue weighted by atomic mass is 16.6. The van der Waals surface area contributed by atoms with Gasteiger partial charge in [-0.15, -0.1) is 0 Å². The molecular formula is C31H46N2O6. The molecule has 0 unspecified atom stereocenters. The minimum Gasteiger partial charge on any atom is -0.493 e. The van der Waals surface area contributed by atoms with Crippen LogP contribution in [0.5, 0.6) is 11.5 Å². The van der Waals surface area contributed by atoms with E-state index in [1.807, 2.05) is 12.1 Å². The van der Waals surface area contributed by atoms with Gasteiger partial charge in [-0.1, -0.05) is 19.1 Å². The van der Waals surface area contributed by atoms with Crippen LogP contribution in [0.3, 0.4) is 0 Å². The Hall–Kier alpha value is -1.87. The lowest BCUT2D eigenvalue weighted by molar-refractivity contribution is -0.147. The second-order valence-electron chi connectivity index (χ2n) is 12.8. The van der Waals surface area contributed by atoms with Crippen LogP contribution in [0.25, 0.3) is 0 Å². The van der Waals surface area contributed by atoms with Gasteiger partial charge in [0.15, 0.2) is 11.5 Å². The minimum atomic E-state index is -0.0998. The summed E-state index contributed by atoms with van der Waals surface area (Å²) >= 11 is 0. The first-order chi connectivity index (χ1) is 18.9. The summed E-state index contributed by atoms with van der Waals surface area (Å²) in [5.41, 5.74) is 1.37. The number of hydrogen-bond acceptors (Lipinski definition) is 8. The van der Waals surface area contributed by atoms with Gasteiger partial charge in [-0.3, -0.25) is 14.6 Å². The van der Waals surface area contributed by atoms with Gasteiger partial charge in [-0.05, 0) is 69.0 Å². The Morgan fingerprint density at radius 1 is 1.15 bits per heavy atom. The van der Waals surface area contributed by atoms with Gasteiger partial charge in [0.05, 0.1) is 45.6 Å². The van der Waals surface area contributed by atoms with Crippen LogP contribution in [0, 0.1) is 23.2 Å². The number of morpholine rings is 1. The Bertz CT molecular complexity index is 1020. The lowest BCUT2D eigenvalue weighted by atomic mass is 9.53. The van der Waals surface area contributed by atoms with Crippen LogP contribution in [-0.4, -0.2) is 94.2 Å². The molecule has 216 valence electrons. The molecule has 3 aliphatic heterocycles. The van der Waals surface area contributed by atoms with Crippen molar-refractivity contribution in [2.24, 2.45) is 23.2 Å². The van der Waals surface area contributed by atoms with Crippen molar-refractivity contribution in [3.05, 3.63) is 23.8 Å². The van der Waals surface area contributed by atoms with E-state index in [0.717, 1.165) is 82.3 Å². The summed E-state index contributed by atoms with van der Waals surface area (Å²) in [5.74, 6) is 2.20. The van der Waals surface area contributed by atoms with Crippen molar-refractivity contribution in [2.45, 2.75) is 63.7 Å². The number of para-hydroxylation sites is 1. The van der Waals surface area contributed by atoms with E-state index in [1.54, 1.807) is 14.2 Å². The van der Waals surface area contributed by atoms with Crippen LogP contribution in [0.1, 0.15) is 51.0 Å². The maximum Gasteiger partial charge on any atom is 0.310 e. The average Bonchev–Trinajstić information content (AvgIpc) is 3.64. The molecule has 6 rings (SSSR count). The first-order valence-corrected chi connectivity index (χ1v) is 15.0. The highest BCUT2D eigenvalue weighted by Gasteiger charge is 2.65. The molecule has 0 radical (unpaired) electrons. The molecule has 39 heavy (non-hydrogen) atoms. The molecule has 0 bridgehead atoms. The SMILES string of the molecule is COc1cccc(CN(CCCN2CCOCC2)C[C@H]2C(=O)O[C@@H]3C[C@@]4(C)CCC[C@@]5(CO5)[C@@H]4C[C@@H]32)c1OC. The Labute approximate surface area is 233 Å². The normalized spacial score (nSPS) is 35.9. The lowest BCUT2D eigenvalue weighted by Gasteiger charge is -2.51. The van der Waals surface area contributed by atoms with Crippen LogP contribution in [0.15, 0.2) is 18.2 Å². The fourth-order valence-electron chi connectivity index (χ4n) is 8.34. The molecule has 5 fully saturated rings. The van der Waals surface area contributed by atoms with Crippen LogP contribution >= 0.6 is 0 Å². The van der Waals surface area contributed by atoms with Crippen LogP contribution in [-0.2, 0) is 25.5 Å². The third-order valence-corrected chi connectivity index (χ3v) is 10.5. The Kier molecular flexibility index (Phi) is 7.83. The van der Waals surface area contributed by atoms with Crippen LogP contribution < -0.4 is 9.47 Å². The molecule has 0 N–H and O–H groups in total. The van der Waals surface area contributed by atoms with E-state index in [1.165, 1.54) is 19.3 Å². The Morgan fingerprint density at radius 2 is 1.97 bits per heavy atom. The van der Waals surface area contributed by atoms with Crippen molar-refractivity contribution in [3.8, 4) is 11.5 Å². The summed E-state index contributed by atoms with van der Waals surface area (Å²) in [6, 6.07) is 6.06. The molecule has 8 heteroatoms. The summed E-state index contributed by atoms with van der Waals surface area (Å²) in [5, 5.41) is 0. The van der Waals surface area contributed by atoms with Gasteiger partial charge >= 0.3 is 5.97 Å². The zero-order valence-corrected chi connectivity index (χ0v) is 24.0. The van der Waals surface area contributed by atoms with Gasteiger partial charge in [0.1, 0.15) is 6.10 Å². The number of epoxide rings is 1. The average molecular weight is 543 g/mol. The van der Waals surface area contributed by atoms with Gasteiger partial charge in [-0.25, -0.2) is 0 Å². The summed E-state index contributed by atoms with van der Waals surface area (Å²) in [6.45, 7) is 10.3. The summed E-state index contributed by atoms with van der Waals surface area (Å²) in [6.07, 6.45) is 6.73. The number of fused-ring (bicyclic) bond motifs is 3. The standard InChI is InChI=1S/C31H46N2O6/c1-30-9-5-10-31(21-38-31)27(30)17-23-24(29(34)39-26(23)18-30)20-33(12-6-11-32-13-15-37-16-14-32)19-22-7-4-8-25(35-2)28(22)36-3/h4,7-8,23-24,26-27H,5-6,9-21H2,1-3H3/t23-,24-,26-,27-,30-,31-/m1/s1. The number of benzene rings is 1. The second kappa shape index (κ2) is 11.2. The Balaban J connectivity index is 1.19. The molecule has 8 nitrogen and oxygen atoms in total. The van der Waals surface area contributed by atoms with E-state index in [0.29, 0.717) is 19.0 Å². The Morgan fingerprint density at radius 3 is 2.72 bits per heavy atom. The maximum atomic E-state index is 13.4. The highest BCUT2D eigenvalue weighted by molar-refractivity contribution is 5.75. The number of nitrogens with zero attached hydrogens (tertiary/aromatic N) is 2. The van der Waals surface area contributed by atoms with E-state index in [-0.39, 0.29) is 34.9 Å². The fourth-order valence-corrected chi connectivity index (χ4v) is 8.34. The van der Waals surface area contributed by atoms with E-state index in [2.05, 4.69) is 22.8 Å².